The van der Waals surface area contributed by atoms with Gasteiger partial charge in [0.2, 0.25) is 0 Å². The normalized spacial score (nSPS) is 9.71. The molecule has 0 spiro atoms. The van der Waals surface area contributed by atoms with Crippen LogP contribution < -0.4 is 5.32 Å². The first-order valence-electron chi connectivity index (χ1n) is 5.39. The van der Waals surface area contributed by atoms with Crippen LogP contribution in [-0.4, -0.2) is 4.98 Å². The zero-order valence-electron chi connectivity index (χ0n) is 9.86. The summed E-state index contributed by atoms with van der Waals surface area (Å²) in [5.74, 6) is 0. The quantitative estimate of drug-likeness (QED) is 0.849. The molecule has 1 aromatic heterocycles. The first-order valence-corrected chi connectivity index (χ1v) is 5.39. The molecule has 84 valence electrons. The average Bonchev–Trinajstić information content (AvgIpc) is 2.35. The maximum absolute atomic E-state index is 8.65. The number of nitriles is 1. The monoisotopic (exact) mass is 223 g/mol. The number of aromatic nitrogens is 1. The Bertz CT molecular complexity index is 565. The molecular formula is C14H13N3. The summed E-state index contributed by atoms with van der Waals surface area (Å²) in [6.45, 7) is 4.17. The van der Waals surface area contributed by atoms with Crippen molar-refractivity contribution in [3.8, 4) is 6.07 Å². The van der Waals surface area contributed by atoms with Crippen molar-refractivity contribution in [2.75, 3.05) is 5.32 Å². The number of rotatable bonds is 2. The molecule has 3 nitrogen and oxygen atoms in total. The lowest BCUT2D eigenvalue weighted by atomic mass is 10.1. The number of hydrogen-bond acceptors (Lipinski definition) is 3. The van der Waals surface area contributed by atoms with E-state index in [9.17, 15) is 0 Å². The Kier molecular flexibility index (Phi) is 3.06. The Morgan fingerprint density at radius 3 is 2.41 bits per heavy atom. The zero-order chi connectivity index (χ0) is 12.3. The van der Waals surface area contributed by atoms with E-state index in [1.54, 1.807) is 12.3 Å². The second-order valence-electron chi connectivity index (χ2n) is 3.97. The lowest BCUT2D eigenvalue weighted by Crippen LogP contribution is -1.93. The van der Waals surface area contributed by atoms with E-state index in [-0.39, 0.29) is 0 Å². The highest BCUT2D eigenvalue weighted by Crippen LogP contribution is 2.18. The summed E-state index contributed by atoms with van der Waals surface area (Å²) in [6, 6.07) is 11.7. The van der Waals surface area contributed by atoms with Crippen LogP contribution in [0.5, 0.6) is 0 Å². The van der Waals surface area contributed by atoms with Gasteiger partial charge in [-0.2, -0.15) is 5.26 Å². The molecule has 1 aromatic carbocycles. The van der Waals surface area contributed by atoms with Crippen molar-refractivity contribution in [3.05, 3.63) is 53.3 Å². The Morgan fingerprint density at radius 1 is 1.06 bits per heavy atom. The minimum absolute atomic E-state index is 0.427. The minimum Gasteiger partial charge on any atom is -0.354 e. The highest BCUT2D eigenvalue weighted by Gasteiger charge is 1.98. The molecule has 0 amide bonds. The second-order valence-corrected chi connectivity index (χ2v) is 3.97. The van der Waals surface area contributed by atoms with E-state index in [0.717, 1.165) is 11.4 Å². The number of nitrogens with zero attached hydrogens (tertiary/aromatic N) is 2. The van der Waals surface area contributed by atoms with Crippen LogP contribution in [0.15, 0.2) is 36.5 Å². The van der Waals surface area contributed by atoms with Crippen molar-refractivity contribution in [2.24, 2.45) is 0 Å². The van der Waals surface area contributed by atoms with Gasteiger partial charge in [-0.25, -0.2) is 4.98 Å². The van der Waals surface area contributed by atoms with Crippen LogP contribution in [0.1, 0.15) is 16.8 Å². The molecule has 0 fully saturated rings. The molecule has 1 heterocycles. The van der Waals surface area contributed by atoms with E-state index in [4.69, 9.17) is 5.26 Å². The largest absolute Gasteiger partial charge is 0.354 e. The van der Waals surface area contributed by atoms with Gasteiger partial charge in [0.25, 0.3) is 0 Å². The predicted octanol–water partition coefficient (Wildman–Crippen LogP) is 3.31. The second kappa shape index (κ2) is 4.67. The fourth-order valence-electron chi connectivity index (χ4n) is 1.52. The predicted molar refractivity (Wildman–Crippen MR) is 68.2 cm³/mol. The molecule has 1 N–H and O–H groups in total. The molecule has 0 aliphatic carbocycles. The van der Waals surface area contributed by atoms with Crippen LogP contribution in [0.4, 0.5) is 11.4 Å². The summed E-state index contributed by atoms with van der Waals surface area (Å²) in [4.78, 5) is 4.01. The van der Waals surface area contributed by atoms with Gasteiger partial charge in [0.15, 0.2) is 0 Å². The summed E-state index contributed by atoms with van der Waals surface area (Å²) in [5, 5.41) is 11.9. The van der Waals surface area contributed by atoms with Gasteiger partial charge < -0.3 is 5.32 Å². The van der Waals surface area contributed by atoms with Crippen LogP contribution in [-0.2, 0) is 0 Å². The molecule has 17 heavy (non-hydrogen) atoms. The average molecular weight is 223 g/mol. The van der Waals surface area contributed by atoms with Gasteiger partial charge in [0.05, 0.1) is 11.9 Å². The van der Waals surface area contributed by atoms with Crippen LogP contribution in [0.2, 0.25) is 0 Å². The van der Waals surface area contributed by atoms with E-state index >= 15 is 0 Å². The van der Waals surface area contributed by atoms with E-state index < -0.39 is 0 Å². The highest BCUT2D eigenvalue weighted by atomic mass is 14.9. The van der Waals surface area contributed by atoms with Crippen molar-refractivity contribution in [2.45, 2.75) is 13.8 Å². The standard InChI is InChI=1S/C14H13N3/c1-10-3-4-12(7-11(10)2)17-14-6-5-13(8-15)16-9-14/h3-7,9,17H,1-2H3. The van der Waals surface area contributed by atoms with Crippen LogP contribution in [0.3, 0.4) is 0 Å². The van der Waals surface area contributed by atoms with Crippen LogP contribution >= 0.6 is 0 Å². The zero-order valence-corrected chi connectivity index (χ0v) is 9.86. The van der Waals surface area contributed by atoms with Gasteiger partial charge in [-0.15, -0.1) is 0 Å². The molecular weight excluding hydrogens is 210 g/mol. The molecule has 3 heteroatoms. The van der Waals surface area contributed by atoms with E-state index in [1.165, 1.54) is 11.1 Å². The molecule has 0 bridgehead atoms. The molecule has 0 atom stereocenters. The molecule has 0 saturated heterocycles. The molecule has 0 radical (unpaired) electrons. The Labute approximate surface area is 101 Å². The molecule has 2 aromatic rings. The molecule has 0 unspecified atom stereocenters. The van der Waals surface area contributed by atoms with Gasteiger partial charge in [-0.1, -0.05) is 6.07 Å². The van der Waals surface area contributed by atoms with Crippen molar-refractivity contribution < 1.29 is 0 Å². The van der Waals surface area contributed by atoms with E-state index in [1.807, 2.05) is 18.2 Å². The molecule has 2 rings (SSSR count). The Hall–Kier alpha value is -2.34. The van der Waals surface area contributed by atoms with Gasteiger partial charge in [-0.05, 0) is 49.2 Å². The van der Waals surface area contributed by atoms with Crippen LogP contribution in [0, 0.1) is 25.2 Å². The number of benzene rings is 1. The summed E-state index contributed by atoms with van der Waals surface area (Å²) in [7, 11) is 0. The van der Waals surface area contributed by atoms with Crippen LogP contribution in [0.25, 0.3) is 0 Å². The summed E-state index contributed by atoms with van der Waals surface area (Å²) >= 11 is 0. The van der Waals surface area contributed by atoms with Crippen molar-refractivity contribution in [1.29, 1.82) is 5.26 Å². The number of hydrogen-bond donors (Lipinski definition) is 1. The topological polar surface area (TPSA) is 48.7 Å². The third kappa shape index (κ3) is 2.61. The first-order chi connectivity index (χ1) is 8.19. The minimum atomic E-state index is 0.427. The fraction of sp³-hybridized carbons (Fsp3) is 0.143. The Morgan fingerprint density at radius 2 is 1.82 bits per heavy atom. The van der Waals surface area contributed by atoms with Gasteiger partial charge >= 0.3 is 0 Å². The lowest BCUT2D eigenvalue weighted by Gasteiger charge is -2.08. The van der Waals surface area contributed by atoms with E-state index in [2.05, 4.69) is 36.3 Å². The van der Waals surface area contributed by atoms with Gasteiger partial charge in [0.1, 0.15) is 11.8 Å². The van der Waals surface area contributed by atoms with Crippen molar-refractivity contribution >= 4 is 11.4 Å². The number of nitrogens with one attached hydrogen (secondary N) is 1. The summed E-state index contributed by atoms with van der Waals surface area (Å²) in [5.41, 5.74) is 4.85. The molecule has 0 saturated carbocycles. The number of anilines is 2. The lowest BCUT2D eigenvalue weighted by molar-refractivity contribution is 1.26. The highest BCUT2D eigenvalue weighted by molar-refractivity contribution is 5.60. The third-order valence-corrected chi connectivity index (χ3v) is 2.67. The first kappa shape index (κ1) is 11.2. The fourth-order valence-corrected chi connectivity index (χ4v) is 1.52. The van der Waals surface area contributed by atoms with Crippen molar-refractivity contribution in [3.63, 3.8) is 0 Å². The Balaban J connectivity index is 2.20. The molecule has 0 aliphatic rings. The van der Waals surface area contributed by atoms with Crippen molar-refractivity contribution in [1.82, 2.24) is 4.98 Å². The van der Waals surface area contributed by atoms with Gasteiger partial charge in [-0.3, -0.25) is 0 Å². The maximum atomic E-state index is 8.65. The summed E-state index contributed by atoms with van der Waals surface area (Å²) < 4.78 is 0. The summed E-state index contributed by atoms with van der Waals surface area (Å²) in [6.07, 6.45) is 1.66. The third-order valence-electron chi connectivity index (χ3n) is 2.67. The van der Waals surface area contributed by atoms with Gasteiger partial charge in [0, 0.05) is 5.69 Å². The number of pyridine rings is 1. The molecule has 0 aliphatic heterocycles. The SMILES string of the molecule is Cc1ccc(Nc2ccc(C#N)nc2)cc1C. The maximum Gasteiger partial charge on any atom is 0.140 e. The number of aryl methyl sites for hydroxylation is 2. The smallest absolute Gasteiger partial charge is 0.140 e. The van der Waals surface area contributed by atoms with E-state index in [0.29, 0.717) is 5.69 Å².